The predicted molar refractivity (Wildman–Crippen MR) is 245 cm³/mol. The Morgan fingerprint density at radius 3 is 0.786 bits per heavy atom. The molecule has 0 atom stereocenters. The minimum Gasteiger partial charge on any atom is -0.310 e. The molecular weight excluding hydrogens is 677 g/mol. The van der Waals surface area contributed by atoms with Crippen molar-refractivity contribution in [2.45, 2.75) is 119 Å². The number of nitrogens with zero attached hydrogens (tertiary/aromatic N) is 2. The Bertz CT molecular complexity index is 1830. The molecule has 2 nitrogen and oxygen atoms in total. The molecule has 0 saturated carbocycles. The van der Waals surface area contributed by atoms with Crippen molar-refractivity contribution in [1.29, 1.82) is 0 Å². The molecule has 0 spiro atoms. The lowest BCUT2D eigenvalue weighted by molar-refractivity contribution is 0.795. The number of benzene rings is 6. The van der Waals surface area contributed by atoms with Gasteiger partial charge in [0.05, 0.1) is 0 Å². The molecule has 0 aliphatic heterocycles. The van der Waals surface area contributed by atoms with E-state index < -0.39 is 0 Å². The van der Waals surface area contributed by atoms with Gasteiger partial charge in [-0.15, -0.1) is 0 Å². The predicted octanol–water partition coefficient (Wildman–Crippen LogP) is 16.3. The van der Waals surface area contributed by atoms with Gasteiger partial charge < -0.3 is 9.80 Å². The number of anilines is 6. The van der Waals surface area contributed by atoms with Crippen molar-refractivity contribution in [3.63, 3.8) is 0 Å². The Morgan fingerprint density at radius 1 is 0.321 bits per heavy atom. The molecule has 0 fully saturated rings. The molecule has 0 amide bonds. The Kier molecular flexibility index (Phi) is 14.6. The topological polar surface area (TPSA) is 6.48 Å². The summed E-state index contributed by atoms with van der Waals surface area (Å²) in [4.78, 5) is 4.86. The smallest absolute Gasteiger partial charge is 0.0491 e. The van der Waals surface area contributed by atoms with Crippen molar-refractivity contribution in [3.05, 3.63) is 167 Å². The van der Waals surface area contributed by atoms with Gasteiger partial charge in [0.15, 0.2) is 0 Å². The van der Waals surface area contributed by atoms with Gasteiger partial charge in [0.25, 0.3) is 0 Å². The third-order valence-corrected chi connectivity index (χ3v) is 11.3. The minimum atomic E-state index is 1.13. The summed E-state index contributed by atoms with van der Waals surface area (Å²) in [6.07, 6.45) is 14.3. The fourth-order valence-electron chi connectivity index (χ4n) is 7.80. The van der Waals surface area contributed by atoms with Crippen LogP contribution < -0.4 is 9.80 Å². The highest BCUT2D eigenvalue weighted by Crippen LogP contribution is 2.41. The van der Waals surface area contributed by atoms with E-state index in [9.17, 15) is 0 Å². The lowest BCUT2D eigenvalue weighted by atomic mass is 9.98. The molecule has 0 bridgehead atoms. The second kappa shape index (κ2) is 20.2. The van der Waals surface area contributed by atoms with E-state index in [2.05, 4.69) is 185 Å². The zero-order chi connectivity index (χ0) is 39.3. The van der Waals surface area contributed by atoms with E-state index in [1.54, 1.807) is 0 Å². The van der Waals surface area contributed by atoms with E-state index in [1.165, 1.54) is 130 Å². The number of hydrogen-bond acceptors (Lipinski definition) is 2. The normalized spacial score (nSPS) is 11.2. The van der Waals surface area contributed by atoms with Crippen LogP contribution in [0.25, 0.3) is 11.1 Å². The summed E-state index contributed by atoms with van der Waals surface area (Å²) in [5.74, 6) is 0. The van der Waals surface area contributed by atoms with Crippen LogP contribution in [0.15, 0.2) is 133 Å². The Labute approximate surface area is 339 Å². The van der Waals surface area contributed by atoms with Gasteiger partial charge in [0.2, 0.25) is 0 Å². The van der Waals surface area contributed by atoms with Crippen molar-refractivity contribution in [2.24, 2.45) is 0 Å². The van der Waals surface area contributed by atoms with E-state index in [0.29, 0.717) is 0 Å². The summed E-state index contributed by atoms with van der Waals surface area (Å²) in [6.45, 7) is 13.6. The van der Waals surface area contributed by atoms with Crippen LogP contribution in [-0.4, -0.2) is 0 Å². The van der Waals surface area contributed by atoms with Crippen LogP contribution in [0.3, 0.4) is 0 Å². The molecular formula is C54H64N2. The second-order valence-electron chi connectivity index (χ2n) is 15.8. The molecule has 0 aliphatic carbocycles. The molecule has 6 rings (SSSR count). The first kappa shape index (κ1) is 40.6. The molecule has 56 heavy (non-hydrogen) atoms. The maximum atomic E-state index is 2.43. The zero-order valence-electron chi connectivity index (χ0n) is 35.1. The molecule has 0 heterocycles. The average Bonchev–Trinajstić information content (AvgIpc) is 3.23. The summed E-state index contributed by atoms with van der Waals surface area (Å²) in [5.41, 5.74) is 17.8. The molecule has 0 unspecified atom stereocenters. The van der Waals surface area contributed by atoms with Crippen LogP contribution in [0, 0.1) is 13.8 Å². The number of aryl methyl sites for hydroxylation is 6. The Morgan fingerprint density at radius 2 is 0.571 bits per heavy atom. The van der Waals surface area contributed by atoms with Gasteiger partial charge in [0.1, 0.15) is 0 Å². The fraction of sp³-hybridized carbons (Fsp3) is 0.333. The van der Waals surface area contributed by atoms with Crippen LogP contribution in [-0.2, 0) is 25.7 Å². The monoisotopic (exact) mass is 741 g/mol. The minimum absolute atomic E-state index is 1.13. The van der Waals surface area contributed by atoms with Crippen molar-refractivity contribution >= 4 is 34.1 Å². The quantitative estimate of drug-likeness (QED) is 0.0816. The van der Waals surface area contributed by atoms with Crippen molar-refractivity contribution < 1.29 is 0 Å². The highest BCUT2D eigenvalue weighted by Gasteiger charge is 2.18. The van der Waals surface area contributed by atoms with Gasteiger partial charge in [-0.3, -0.25) is 0 Å². The summed E-state index contributed by atoms with van der Waals surface area (Å²) >= 11 is 0. The fourth-order valence-corrected chi connectivity index (χ4v) is 7.80. The van der Waals surface area contributed by atoms with Gasteiger partial charge in [-0.2, -0.15) is 0 Å². The van der Waals surface area contributed by atoms with Crippen molar-refractivity contribution in [3.8, 4) is 11.1 Å². The van der Waals surface area contributed by atoms with Crippen LogP contribution in [0.2, 0.25) is 0 Å². The molecule has 0 saturated heterocycles. The number of rotatable bonds is 19. The van der Waals surface area contributed by atoms with Crippen LogP contribution in [0.1, 0.15) is 112 Å². The molecule has 290 valence electrons. The first-order valence-corrected chi connectivity index (χ1v) is 21.6. The molecule has 0 aliphatic rings. The highest BCUT2D eigenvalue weighted by atomic mass is 15.1. The average molecular weight is 741 g/mol. The number of unbranched alkanes of at least 4 members (excludes halogenated alkanes) is 4. The van der Waals surface area contributed by atoms with Crippen LogP contribution in [0.4, 0.5) is 34.1 Å². The van der Waals surface area contributed by atoms with Gasteiger partial charge >= 0.3 is 0 Å². The number of hydrogen-bond donors (Lipinski definition) is 0. The van der Waals surface area contributed by atoms with Crippen molar-refractivity contribution in [2.75, 3.05) is 9.80 Å². The molecule has 0 N–H and O–H groups in total. The molecule has 0 aromatic heterocycles. The largest absolute Gasteiger partial charge is 0.310 e. The summed E-state index contributed by atoms with van der Waals surface area (Å²) in [7, 11) is 0. The lowest BCUT2D eigenvalue weighted by Crippen LogP contribution is -2.12. The van der Waals surface area contributed by atoms with Crippen molar-refractivity contribution in [1.82, 2.24) is 0 Å². The van der Waals surface area contributed by atoms with E-state index in [0.717, 1.165) is 25.7 Å². The van der Waals surface area contributed by atoms with Gasteiger partial charge in [0, 0.05) is 34.1 Å². The van der Waals surface area contributed by atoms with Gasteiger partial charge in [-0.1, -0.05) is 114 Å². The summed E-state index contributed by atoms with van der Waals surface area (Å²) < 4.78 is 0. The third-order valence-electron chi connectivity index (χ3n) is 11.3. The highest BCUT2D eigenvalue weighted by molar-refractivity contribution is 5.83. The maximum Gasteiger partial charge on any atom is 0.0491 e. The van der Waals surface area contributed by atoms with E-state index >= 15 is 0 Å². The maximum absolute atomic E-state index is 2.43. The van der Waals surface area contributed by atoms with Gasteiger partial charge in [-0.25, -0.2) is 0 Å². The van der Waals surface area contributed by atoms with Gasteiger partial charge in [-0.05, 0) is 183 Å². The first-order chi connectivity index (χ1) is 27.4. The standard InChI is InChI=1S/C54H64N2/c1-7-11-15-43-19-29-49(30-20-43)55(50-31-21-44(22-32-50)16-12-8-2)53-37-27-47(39-41(53)5)48-28-38-54(42(6)40-48)56(51-33-23-45(24-34-51)17-13-9-3)52-35-25-46(26-36-52)18-14-10-4/h19-40H,7-18H2,1-6H3. The SMILES string of the molecule is CCCCc1ccc(N(c2ccc(CCCC)cc2)c2ccc(-c3ccc(N(c4ccc(CCCC)cc4)c4ccc(CCCC)cc4)c(C)c3)cc2C)cc1. The molecule has 6 aromatic carbocycles. The van der Waals surface area contributed by atoms with E-state index in [1.807, 2.05) is 0 Å². The Hall–Kier alpha value is -5.08. The van der Waals surface area contributed by atoms with Crippen LogP contribution in [0.5, 0.6) is 0 Å². The third kappa shape index (κ3) is 10.2. The second-order valence-corrected chi connectivity index (χ2v) is 15.8. The van der Waals surface area contributed by atoms with Crippen LogP contribution >= 0.6 is 0 Å². The Balaban J connectivity index is 1.33. The molecule has 2 heteroatoms. The van der Waals surface area contributed by atoms with E-state index in [4.69, 9.17) is 0 Å². The molecule has 0 radical (unpaired) electrons. The zero-order valence-corrected chi connectivity index (χ0v) is 35.1. The first-order valence-electron chi connectivity index (χ1n) is 21.6. The van der Waals surface area contributed by atoms with E-state index in [-0.39, 0.29) is 0 Å². The summed E-state index contributed by atoms with van der Waals surface area (Å²) in [5, 5.41) is 0. The lowest BCUT2D eigenvalue weighted by Gasteiger charge is -2.28. The summed E-state index contributed by atoms with van der Waals surface area (Å²) in [6, 6.07) is 50.9. The molecule has 6 aromatic rings.